The lowest BCUT2D eigenvalue weighted by Gasteiger charge is -2.34. The molecule has 1 heterocycles. The first-order chi connectivity index (χ1) is 53.9. The maximum absolute atomic E-state index is 13.0. The molecule has 110 heavy (non-hydrogen) atoms. The average Bonchev–Trinajstić information content (AvgIpc) is 0.908. The molecule has 4 unspecified atom stereocenters. The molecule has 1 aliphatic rings. The van der Waals surface area contributed by atoms with Gasteiger partial charge in [-0.2, -0.15) is 0 Å². The van der Waals surface area contributed by atoms with Crippen LogP contribution in [0.25, 0.3) is 0 Å². The molecule has 652 valence electrons. The molecule has 0 spiro atoms. The van der Waals surface area contributed by atoms with Gasteiger partial charge >= 0.3 is 23.9 Å². The van der Waals surface area contributed by atoms with Crippen molar-refractivity contribution in [3.63, 3.8) is 0 Å². The summed E-state index contributed by atoms with van der Waals surface area (Å²) in [5.74, 6) is -1.14. The number of nitrogens with zero attached hydrogens (tertiary/aromatic N) is 4. The Morgan fingerprint density at radius 1 is 0.209 bits per heavy atom. The molecule has 1 aliphatic heterocycles. The smallest absolute Gasteiger partial charge is 0.305 e. The molecule has 1 saturated heterocycles. The van der Waals surface area contributed by atoms with Gasteiger partial charge < -0.3 is 39.4 Å². The summed E-state index contributed by atoms with van der Waals surface area (Å²) in [4.78, 5) is 60.8. The predicted octanol–water partition coefficient (Wildman–Crippen LogP) is 22.7. The molecular weight excluding hydrogens is 1380 g/mol. The molecule has 4 atom stereocenters. The van der Waals surface area contributed by atoms with E-state index in [-0.39, 0.29) is 76.5 Å². The fourth-order valence-corrected chi connectivity index (χ4v) is 15.8. The van der Waals surface area contributed by atoms with E-state index in [9.17, 15) is 39.6 Å². The first kappa shape index (κ1) is 106. The third-order valence-corrected chi connectivity index (χ3v) is 22.9. The van der Waals surface area contributed by atoms with Crippen LogP contribution in [0.3, 0.4) is 0 Å². The van der Waals surface area contributed by atoms with Gasteiger partial charge in [-0.15, -0.1) is 0 Å². The van der Waals surface area contributed by atoms with Crippen molar-refractivity contribution < 1.29 is 58.6 Å². The van der Waals surface area contributed by atoms with Gasteiger partial charge in [0.1, 0.15) is 50.8 Å². The van der Waals surface area contributed by atoms with Crippen LogP contribution in [0.1, 0.15) is 451 Å². The molecule has 16 heteroatoms. The van der Waals surface area contributed by atoms with Gasteiger partial charge in [-0.05, 0) is 64.7 Å². The summed E-state index contributed by atoms with van der Waals surface area (Å²) >= 11 is 0. The summed E-state index contributed by atoms with van der Waals surface area (Å²) in [5, 5.41) is 46.1. The fourth-order valence-electron chi connectivity index (χ4n) is 15.8. The Labute approximate surface area is 679 Å². The van der Waals surface area contributed by atoms with Crippen LogP contribution in [0.4, 0.5) is 0 Å². The Morgan fingerprint density at radius 3 is 0.473 bits per heavy atom. The topological polar surface area (TPSA) is 199 Å². The lowest BCUT2D eigenvalue weighted by Crippen LogP contribution is -2.47. The summed E-state index contributed by atoms with van der Waals surface area (Å²) < 4.78 is 22.8. The van der Waals surface area contributed by atoms with E-state index in [0.29, 0.717) is 90.9 Å². The van der Waals surface area contributed by atoms with Crippen molar-refractivity contribution in [2.24, 2.45) is 0 Å². The number of hydrogen-bond acceptors (Lipinski definition) is 16. The van der Waals surface area contributed by atoms with Gasteiger partial charge in [0, 0.05) is 78.0 Å². The van der Waals surface area contributed by atoms with Crippen molar-refractivity contribution in [2.75, 3.05) is 105 Å². The second kappa shape index (κ2) is 83.1. The molecule has 0 saturated carbocycles. The molecule has 0 radical (unpaired) electrons. The third kappa shape index (κ3) is 75.6. The number of carbonyl (C=O) groups is 4. The highest BCUT2D eigenvalue weighted by molar-refractivity contribution is 5.70. The summed E-state index contributed by atoms with van der Waals surface area (Å²) in [5.41, 5.74) is 0. The number of aliphatic hydroxyl groups is 4. The van der Waals surface area contributed by atoms with E-state index in [4.69, 9.17) is 18.9 Å². The second-order valence-corrected chi connectivity index (χ2v) is 34.1. The number of carbonyl (C=O) groups excluding carboxylic acids is 4. The number of rotatable bonds is 80. The Balaban J connectivity index is 3.04. The van der Waals surface area contributed by atoms with Crippen LogP contribution in [0.15, 0.2) is 0 Å². The lowest BCUT2D eigenvalue weighted by molar-refractivity contribution is -0.148. The van der Waals surface area contributed by atoms with E-state index in [0.717, 1.165) is 77.0 Å². The van der Waals surface area contributed by atoms with Crippen LogP contribution in [0, 0.1) is 0 Å². The maximum atomic E-state index is 13.0. The van der Waals surface area contributed by atoms with Crippen molar-refractivity contribution in [1.82, 2.24) is 19.6 Å². The SMILES string of the molecule is CCCCCCCCCCCCCCCCCC(=O)OCC(O)CN1CCCN(CC(O)COC(=O)CCCCCCCCCCCCCCCCC)CCN(CC(O)COC(=O)CCCCCCCCCCCCCCCCC)CCCN(CC(O)COC(=O)CCCCCCCCCCCCCCCCC)CC1. The quantitative estimate of drug-likeness (QED) is 0.0254. The maximum Gasteiger partial charge on any atom is 0.305 e. The molecule has 0 aromatic heterocycles. The average molecular weight is 1560 g/mol. The molecule has 0 amide bonds. The normalized spacial score (nSPS) is 15.2. The summed E-state index contributed by atoms with van der Waals surface area (Å²) in [6, 6.07) is 0. The van der Waals surface area contributed by atoms with Gasteiger partial charge in [0.05, 0.1) is 0 Å². The van der Waals surface area contributed by atoms with E-state index in [2.05, 4.69) is 47.3 Å². The zero-order valence-corrected chi connectivity index (χ0v) is 73.1. The van der Waals surface area contributed by atoms with Crippen molar-refractivity contribution in [1.29, 1.82) is 0 Å². The Bertz CT molecular complexity index is 1690. The molecule has 1 fully saturated rings. The zero-order valence-electron chi connectivity index (χ0n) is 73.1. The monoisotopic (exact) mass is 1560 g/mol. The third-order valence-electron chi connectivity index (χ3n) is 22.9. The molecule has 1 rings (SSSR count). The largest absolute Gasteiger partial charge is 0.463 e. The van der Waals surface area contributed by atoms with E-state index < -0.39 is 24.4 Å². The molecule has 4 N–H and O–H groups in total. The molecule has 16 nitrogen and oxygen atoms in total. The molecule has 0 aromatic rings. The minimum atomic E-state index is -0.919. The van der Waals surface area contributed by atoms with Gasteiger partial charge in [-0.1, -0.05) is 387 Å². The van der Waals surface area contributed by atoms with Gasteiger partial charge in [0.25, 0.3) is 0 Å². The molecule has 0 bridgehead atoms. The standard InChI is InChI=1S/C94H184N4O12/c1-5-9-13-17-21-25-29-33-37-41-45-49-53-57-61-67-91(103)107-83-87(99)79-95-71-65-72-97(81-89(101)85-109-93(105)69-63-59-55-51-47-43-39-35-31-27-23-19-15-11-7-3)77-78-98(82-90(102)86-110-94(106)70-64-60-56-52-48-44-40-36-32-28-24-20-16-12-8-4)74-66-73-96(76-75-95)80-88(100)84-108-92(104)68-62-58-54-50-46-42-38-34-30-26-22-18-14-10-6-2/h87-90,99-102H,5-86H2,1-4H3. The lowest BCUT2D eigenvalue weighted by atomic mass is 10.0. The van der Waals surface area contributed by atoms with Crippen molar-refractivity contribution >= 4 is 23.9 Å². The first-order valence-electron chi connectivity index (χ1n) is 48.1. The van der Waals surface area contributed by atoms with Gasteiger partial charge in [-0.3, -0.25) is 38.8 Å². The molecule has 0 aliphatic carbocycles. The van der Waals surface area contributed by atoms with Gasteiger partial charge in [0.2, 0.25) is 0 Å². The summed E-state index contributed by atoms with van der Waals surface area (Å²) in [6.45, 7) is 14.3. The Hall–Kier alpha value is -2.44. The highest BCUT2D eigenvalue weighted by atomic mass is 16.6. The Morgan fingerprint density at radius 2 is 0.336 bits per heavy atom. The second-order valence-electron chi connectivity index (χ2n) is 34.1. The van der Waals surface area contributed by atoms with E-state index in [1.54, 1.807) is 0 Å². The van der Waals surface area contributed by atoms with Crippen molar-refractivity contribution in [2.45, 2.75) is 476 Å². The summed E-state index contributed by atoms with van der Waals surface area (Å²) in [6.07, 6.45) is 74.2. The van der Waals surface area contributed by atoms with Crippen LogP contribution in [-0.2, 0) is 38.1 Å². The van der Waals surface area contributed by atoms with E-state index >= 15 is 0 Å². The number of unbranched alkanes of at least 4 members (excludes halogenated alkanes) is 56. The number of ether oxygens (including phenoxy) is 4. The minimum absolute atomic E-state index is 0.0990. The van der Waals surface area contributed by atoms with Crippen molar-refractivity contribution in [3.05, 3.63) is 0 Å². The number of hydrogen-bond donors (Lipinski definition) is 4. The fraction of sp³-hybridized carbons (Fsp3) is 0.957. The van der Waals surface area contributed by atoms with Crippen molar-refractivity contribution in [3.8, 4) is 0 Å². The number of β-amino-alcohol motifs (C(OH)–C–C–N with tert-alkyl or cyclic N) is 4. The molecule has 0 aromatic carbocycles. The number of aliphatic hydroxyl groups excluding tert-OH is 4. The van der Waals surface area contributed by atoms with Crippen LogP contribution in [-0.4, -0.2) is 193 Å². The minimum Gasteiger partial charge on any atom is -0.463 e. The van der Waals surface area contributed by atoms with E-state index in [1.165, 1.54) is 308 Å². The summed E-state index contributed by atoms with van der Waals surface area (Å²) in [7, 11) is 0. The van der Waals surface area contributed by atoms with Gasteiger partial charge in [0.15, 0.2) is 0 Å². The predicted molar refractivity (Wildman–Crippen MR) is 461 cm³/mol. The van der Waals surface area contributed by atoms with Crippen LogP contribution >= 0.6 is 0 Å². The highest BCUT2D eigenvalue weighted by Gasteiger charge is 2.23. The van der Waals surface area contributed by atoms with Gasteiger partial charge in [-0.25, -0.2) is 0 Å². The molecular formula is C94H184N4O12. The van der Waals surface area contributed by atoms with E-state index in [1.807, 2.05) is 0 Å². The van der Waals surface area contributed by atoms with Crippen LogP contribution in [0.2, 0.25) is 0 Å². The number of esters is 4. The van der Waals surface area contributed by atoms with Crippen LogP contribution in [0.5, 0.6) is 0 Å². The zero-order chi connectivity index (χ0) is 79.7. The highest BCUT2D eigenvalue weighted by Crippen LogP contribution is 2.20. The first-order valence-corrected chi connectivity index (χ1v) is 48.1. The van der Waals surface area contributed by atoms with Crippen LogP contribution < -0.4 is 0 Å². The Kier molecular flexibility index (Phi) is 79.7.